The number of aromatic amines is 1. The maximum absolute atomic E-state index is 12.9. The Kier molecular flexibility index (Phi) is 4.95. The third-order valence-electron chi connectivity index (χ3n) is 5.56. The third kappa shape index (κ3) is 3.92. The van der Waals surface area contributed by atoms with Crippen LogP contribution in [0, 0.1) is 0 Å². The van der Waals surface area contributed by atoms with E-state index in [4.69, 9.17) is 5.73 Å². The van der Waals surface area contributed by atoms with Crippen molar-refractivity contribution in [3.63, 3.8) is 0 Å². The van der Waals surface area contributed by atoms with Crippen LogP contribution in [0.5, 0.6) is 0 Å². The molecule has 3 aromatic heterocycles. The van der Waals surface area contributed by atoms with Gasteiger partial charge in [-0.15, -0.1) is 0 Å². The van der Waals surface area contributed by atoms with Gasteiger partial charge >= 0.3 is 0 Å². The van der Waals surface area contributed by atoms with E-state index in [9.17, 15) is 4.79 Å². The molecule has 4 N–H and O–H groups in total. The summed E-state index contributed by atoms with van der Waals surface area (Å²) in [6, 6.07) is 11.4. The van der Waals surface area contributed by atoms with E-state index in [1.807, 2.05) is 36.4 Å². The molecule has 0 aliphatic carbocycles. The molecular weight excluding hydrogens is 390 g/mol. The second-order valence-electron chi connectivity index (χ2n) is 7.75. The average Bonchev–Trinajstić information content (AvgIpc) is 3.24. The zero-order valence-corrected chi connectivity index (χ0v) is 17.0. The number of pyridine rings is 2. The molecule has 8 heteroatoms. The number of aromatic nitrogens is 4. The van der Waals surface area contributed by atoms with Gasteiger partial charge in [0.25, 0.3) is 5.91 Å². The van der Waals surface area contributed by atoms with Crippen LogP contribution in [0.1, 0.15) is 29.8 Å². The van der Waals surface area contributed by atoms with E-state index in [-0.39, 0.29) is 5.91 Å². The number of nitrogens with zero attached hydrogens (tertiary/aromatic N) is 4. The summed E-state index contributed by atoms with van der Waals surface area (Å²) < 4.78 is 0. The molecule has 0 spiro atoms. The maximum Gasteiger partial charge on any atom is 0.276 e. The summed E-state index contributed by atoms with van der Waals surface area (Å²) in [7, 11) is 0. The molecule has 0 saturated carbocycles. The van der Waals surface area contributed by atoms with Gasteiger partial charge in [-0.3, -0.25) is 14.9 Å². The topological polar surface area (TPSA) is 113 Å². The predicted molar refractivity (Wildman–Crippen MR) is 122 cm³/mol. The standard InChI is InChI=1S/C23H23N7O/c24-17-10-16(12-25-13-17)15-4-6-20-19(11-15)22(29-28-20)23(31)27-18-5-7-21(26-14-18)30-8-2-1-3-9-30/h4-7,10-14H,1-3,8-9,24H2,(H,27,31)(H,28,29). The third-order valence-corrected chi connectivity index (χ3v) is 5.56. The Bertz CT molecular complexity index is 1230. The van der Waals surface area contributed by atoms with Crippen LogP contribution in [0.4, 0.5) is 17.2 Å². The fourth-order valence-corrected chi connectivity index (χ4v) is 3.94. The first-order chi connectivity index (χ1) is 15.2. The number of anilines is 3. The van der Waals surface area contributed by atoms with Crippen molar-refractivity contribution in [2.45, 2.75) is 19.3 Å². The minimum atomic E-state index is -0.290. The minimum absolute atomic E-state index is 0.290. The summed E-state index contributed by atoms with van der Waals surface area (Å²) in [6.45, 7) is 2.06. The molecule has 4 aromatic rings. The van der Waals surface area contributed by atoms with E-state index >= 15 is 0 Å². The van der Waals surface area contributed by atoms with Crippen molar-refractivity contribution in [2.75, 3.05) is 29.0 Å². The Morgan fingerprint density at radius 1 is 1.00 bits per heavy atom. The molecule has 1 amide bonds. The van der Waals surface area contributed by atoms with Crippen molar-refractivity contribution in [2.24, 2.45) is 0 Å². The largest absolute Gasteiger partial charge is 0.397 e. The molecule has 1 saturated heterocycles. The highest BCUT2D eigenvalue weighted by atomic mass is 16.1. The lowest BCUT2D eigenvalue weighted by Gasteiger charge is -2.27. The van der Waals surface area contributed by atoms with Crippen molar-refractivity contribution in [1.29, 1.82) is 0 Å². The van der Waals surface area contributed by atoms with Crippen LogP contribution in [-0.4, -0.2) is 39.2 Å². The van der Waals surface area contributed by atoms with E-state index in [1.54, 1.807) is 18.6 Å². The minimum Gasteiger partial charge on any atom is -0.397 e. The number of H-pyrrole nitrogens is 1. The second-order valence-corrected chi connectivity index (χ2v) is 7.75. The zero-order chi connectivity index (χ0) is 21.2. The number of hydrogen-bond donors (Lipinski definition) is 3. The van der Waals surface area contributed by atoms with Crippen molar-refractivity contribution < 1.29 is 4.79 Å². The molecule has 1 fully saturated rings. The quantitative estimate of drug-likeness (QED) is 0.468. The molecule has 1 aliphatic heterocycles. The molecule has 5 rings (SSSR count). The van der Waals surface area contributed by atoms with Crippen LogP contribution in [0.3, 0.4) is 0 Å². The average molecular weight is 413 g/mol. The van der Waals surface area contributed by atoms with Crippen LogP contribution in [0.25, 0.3) is 22.0 Å². The molecule has 0 radical (unpaired) electrons. The first-order valence-corrected chi connectivity index (χ1v) is 10.4. The molecule has 8 nitrogen and oxygen atoms in total. The number of fused-ring (bicyclic) bond motifs is 1. The number of rotatable bonds is 4. The summed E-state index contributed by atoms with van der Waals surface area (Å²) in [4.78, 5) is 23.9. The summed E-state index contributed by atoms with van der Waals surface area (Å²) >= 11 is 0. The Hall–Kier alpha value is -3.94. The highest BCUT2D eigenvalue weighted by Crippen LogP contribution is 2.26. The lowest BCUT2D eigenvalue weighted by atomic mass is 10.0. The van der Waals surface area contributed by atoms with Crippen molar-refractivity contribution >= 4 is 34.0 Å². The Morgan fingerprint density at radius 3 is 2.65 bits per heavy atom. The normalized spacial score (nSPS) is 14.0. The summed E-state index contributed by atoms with van der Waals surface area (Å²) in [6.07, 6.45) is 8.70. The fraction of sp³-hybridized carbons (Fsp3) is 0.217. The van der Waals surface area contributed by atoms with Gasteiger partial charge in [-0.25, -0.2) is 4.98 Å². The molecule has 0 unspecified atom stereocenters. The van der Waals surface area contributed by atoms with Crippen LogP contribution in [0.2, 0.25) is 0 Å². The van der Waals surface area contributed by atoms with Gasteiger partial charge in [0.05, 0.1) is 23.1 Å². The first-order valence-electron chi connectivity index (χ1n) is 10.4. The molecule has 4 heterocycles. The number of benzene rings is 1. The number of nitrogens with two attached hydrogens (primary N) is 1. The van der Waals surface area contributed by atoms with Gasteiger partial charge in [0.2, 0.25) is 0 Å². The SMILES string of the molecule is Nc1cncc(-c2ccc3[nH]nc(C(=O)Nc4ccc(N5CCCCC5)nc4)c3c2)c1. The van der Waals surface area contributed by atoms with Crippen molar-refractivity contribution in [1.82, 2.24) is 20.2 Å². The lowest BCUT2D eigenvalue weighted by molar-refractivity contribution is 0.102. The molecule has 0 atom stereocenters. The van der Waals surface area contributed by atoms with Crippen LogP contribution >= 0.6 is 0 Å². The van der Waals surface area contributed by atoms with Crippen LogP contribution in [0.15, 0.2) is 55.0 Å². The Balaban J connectivity index is 1.37. The Labute approximate surface area is 179 Å². The predicted octanol–water partition coefficient (Wildman–Crippen LogP) is 3.84. The van der Waals surface area contributed by atoms with E-state index in [0.29, 0.717) is 17.1 Å². The number of carbonyl (C=O) groups is 1. The van der Waals surface area contributed by atoms with Gasteiger partial charge in [-0.05, 0) is 55.2 Å². The number of amides is 1. The fourth-order valence-electron chi connectivity index (χ4n) is 3.94. The number of hydrogen-bond acceptors (Lipinski definition) is 6. The second kappa shape index (κ2) is 8.06. The van der Waals surface area contributed by atoms with E-state index < -0.39 is 0 Å². The highest BCUT2D eigenvalue weighted by molar-refractivity contribution is 6.11. The lowest BCUT2D eigenvalue weighted by Crippen LogP contribution is -2.30. The van der Waals surface area contributed by atoms with Crippen LogP contribution < -0.4 is 16.0 Å². The van der Waals surface area contributed by atoms with Gasteiger partial charge < -0.3 is 16.0 Å². The number of nitrogens with one attached hydrogen (secondary N) is 2. The summed E-state index contributed by atoms with van der Waals surface area (Å²) in [5.41, 5.74) is 9.98. The number of nitrogen functional groups attached to an aromatic ring is 1. The number of carbonyl (C=O) groups excluding carboxylic acids is 1. The maximum atomic E-state index is 12.9. The smallest absolute Gasteiger partial charge is 0.276 e. The number of piperidine rings is 1. The van der Waals surface area contributed by atoms with E-state index in [0.717, 1.165) is 40.9 Å². The highest BCUT2D eigenvalue weighted by Gasteiger charge is 2.16. The molecular formula is C23H23N7O. The molecule has 156 valence electrons. The van der Waals surface area contributed by atoms with Gasteiger partial charge in [0, 0.05) is 36.4 Å². The van der Waals surface area contributed by atoms with E-state index in [2.05, 4.69) is 30.4 Å². The molecule has 1 aliphatic rings. The van der Waals surface area contributed by atoms with Gasteiger partial charge in [0.1, 0.15) is 5.82 Å². The van der Waals surface area contributed by atoms with Crippen molar-refractivity contribution in [3.05, 3.63) is 60.7 Å². The summed E-state index contributed by atoms with van der Waals surface area (Å²) in [5, 5.41) is 10.8. The zero-order valence-electron chi connectivity index (χ0n) is 17.0. The molecule has 0 bridgehead atoms. The van der Waals surface area contributed by atoms with Gasteiger partial charge in [0.15, 0.2) is 5.69 Å². The molecule has 31 heavy (non-hydrogen) atoms. The monoisotopic (exact) mass is 413 g/mol. The van der Waals surface area contributed by atoms with Crippen molar-refractivity contribution in [3.8, 4) is 11.1 Å². The van der Waals surface area contributed by atoms with Gasteiger partial charge in [-0.1, -0.05) is 6.07 Å². The first kappa shape index (κ1) is 19.0. The van der Waals surface area contributed by atoms with E-state index in [1.165, 1.54) is 19.3 Å². The van der Waals surface area contributed by atoms with Gasteiger partial charge in [-0.2, -0.15) is 5.10 Å². The van der Waals surface area contributed by atoms with Crippen LogP contribution in [-0.2, 0) is 0 Å². The molecule has 1 aromatic carbocycles. The Morgan fingerprint density at radius 2 is 1.87 bits per heavy atom. The summed E-state index contributed by atoms with van der Waals surface area (Å²) in [5.74, 6) is 0.657.